The van der Waals surface area contributed by atoms with Crippen molar-refractivity contribution in [3.05, 3.63) is 223 Å². The van der Waals surface area contributed by atoms with Gasteiger partial charge in [-0.2, -0.15) is 0 Å². The molecule has 2 aliphatic heterocycles. The highest BCUT2D eigenvalue weighted by Gasteiger charge is 2.29. The molecule has 0 unspecified atom stereocenters. The Hall–Kier alpha value is -7.62. The zero-order valence-electron chi connectivity index (χ0n) is 37.0. The molecule has 0 bridgehead atoms. The normalized spacial score (nSPS) is 13.3. The highest BCUT2D eigenvalue weighted by Crippen LogP contribution is 2.57. The largest absolute Gasteiger partial charge is 0.0887 e. The van der Waals surface area contributed by atoms with Crippen LogP contribution in [0.2, 0.25) is 0 Å². The molecule has 12 aromatic rings. The lowest BCUT2D eigenvalue weighted by molar-refractivity contribution is 0.991. The van der Waals surface area contributed by atoms with Gasteiger partial charge in [-0.05, 0) is 164 Å². The first kappa shape index (κ1) is 38.5. The summed E-state index contributed by atoms with van der Waals surface area (Å²) in [6.07, 6.45) is 6.86. The number of hydrogen-bond acceptors (Lipinski definition) is 2. The Balaban J connectivity index is 0.852. The smallest absolute Gasteiger partial charge is 0.0208 e. The van der Waals surface area contributed by atoms with E-state index in [4.69, 9.17) is 0 Å². The number of hydrogen-bond donors (Lipinski definition) is 0. The molecule has 0 saturated heterocycles. The second-order valence-electron chi connectivity index (χ2n) is 18.5. The summed E-state index contributed by atoms with van der Waals surface area (Å²) in [5, 5.41) is 13.1. The SMILES string of the molecule is C1=Cc2c(c(-c3ccc4ccccc4c3)c3ccccc3c2-c2ccc3c(c2)Sc2ccc4c5c(ccc-3c25)-c2ccc(-c3c5ccccc5c(-c5ccccc5)c5ccccc35)cc2S4)CC1. The van der Waals surface area contributed by atoms with Crippen molar-refractivity contribution in [2.75, 3.05) is 0 Å². The fourth-order valence-electron chi connectivity index (χ4n) is 12.0. The lowest BCUT2D eigenvalue weighted by Crippen LogP contribution is -2.03. The molecule has 2 heterocycles. The van der Waals surface area contributed by atoms with E-state index in [1.807, 2.05) is 23.5 Å². The average molecular weight is 897 g/mol. The molecule has 3 aliphatic rings. The lowest BCUT2D eigenvalue weighted by Gasteiger charge is -2.28. The monoisotopic (exact) mass is 896 g/mol. The molecule has 2 heteroatoms. The second kappa shape index (κ2) is 14.9. The predicted molar refractivity (Wildman–Crippen MR) is 292 cm³/mol. The third-order valence-electron chi connectivity index (χ3n) is 14.9. The van der Waals surface area contributed by atoms with Gasteiger partial charge in [-0.3, -0.25) is 0 Å². The van der Waals surface area contributed by atoms with Crippen LogP contribution in [0.3, 0.4) is 0 Å². The van der Waals surface area contributed by atoms with Crippen molar-refractivity contribution in [1.82, 2.24) is 0 Å². The van der Waals surface area contributed by atoms with Crippen molar-refractivity contribution < 1.29 is 0 Å². The van der Waals surface area contributed by atoms with E-state index in [1.165, 1.54) is 151 Å². The van der Waals surface area contributed by atoms with Crippen molar-refractivity contribution in [3.8, 4) is 66.8 Å². The van der Waals surface area contributed by atoms with E-state index in [0.717, 1.165) is 12.8 Å². The van der Waals surface area contributed by atoms with Gasteiger partial charge < -0.3 is 0 Å². The predicted octanol–water partition coefficient (Wildman–Crippen LogP) is 19.3. The zero-order valence-corrected chi connectivity index (χ0v) is 38.6. The van der Waals surface area contributed by atoms with Crippen LogP contribution in [0.1, 0.15) is 17.5 Å². The Labute approximate surface area is 403 Å². The Morgan fingerprint density at radius 3 is 1.37 bits per heavy atom. The fourth-order valence-corrected chi connectivity index (χ4v) is 14.3. The third kappa shape index (κ3) is 5.65. The highest BCUT2D eigenvalue weighted by atomic mass is 32.2. The minimum atomic E-state index is 1.03. The van der Waals surface area contributed by atoms with E-state index in [9.17, 15) is 0 Å². The third-order valence-corrected chi connectivity index (χ3v) is 17.1. The van der Waals surface area contributed by atoms with Gasteiger partial charge in [0.25, 0.3) is 0 Å². The minimum Gasteiger partial charge on any atom is -0.0887 e. The lowest BCUT2D eigenvalue weighted by atomic mass is 9.80. The molecule has 15 rings (SSSR count). The van der Waals surface area contributed by atoms with Crippen LogP contribution in [0.25, 0.3) is 127 Å². The molecule has 0 amide bonds. The van der Waals surface area contributed by atoms with Crippen LogP contribution in [0.15, 0.2) is 232 Å². The van der Waals surface area contributed by atoms with Crippen LogP contribution in [0, 0.1) is 0 Å². The first-order chi connectivity index (χ1) is 33.7. The number of allylic oxidation sites excluding steroid dienone is 1. The molecule has 12 aromatic carbocycles. The molecule has 0 nitrogen and oxygen atoms in total. The van der Waals surface area contributed by atoms with Gasteiger partial charge in [0.1, 0.15) is 0 Å². The molecule has 0 aromatic heterocycles. The molecule has 316 valence electrons. The summed E-state index contributed by atoms with van der Waals surface area (Å²) in [5.41, 5.74) is 18.5. The van der Waals surface area contributed by atoms with Crippen molar-refractivity contribution in [3.63, 3.8) is 0 Å². The molecule has 68 heavy (non-hydrogen) atoms. The van der Waals surface area contributed by atoms with Gasteiger partial charge in [0.2, 0.25) is 0 Å². The maximum absolute atomic E-state index is 2.48. The first-order valence-corrected chi connectivity index (χ1v) is 25.3. The maximum atomic E-state index is 2.48. The maximum Gasteiger partial charge on any atom is 0.0208 e. The molecule has 1 aliphatic carbocycles. The van der Waals surface area contributed by atoms with E-state index in [0.29, 0.717) is 0 Å². The van der Waals surface area contributed by atoms with Gasteiger partial charge in [-0.15, -0.1) is 0 Å². The average Bonchev–Trinajstić information content (AvgIpc) is 3.40. The molecule has 0 radical (unpaired) electrons. The van der Waals surface area contributed by atoms with E-state index in [-0.39, 0.29) is 0 Å². The topological polar surface area (TPSA) is 0 Å². The summed E-state index contributed by atoms with van der Waals surface area (Å²) in [6.45, 7) is 0. The van der Waals surface area contributed by atoms with Crippen molar-refractivity contribution in [2.45, 2.75) is 32.4 Å². The van der Waals surface area contributed by atoms with Gasteiger partial charge in [0, 0.05) is 30.4 Å². The van der Waals surface area contributed by atoms with E-state index in [2.05, 4.69) is 218 Å². The van der Waals surface area contributed by atoms with Gasteiger partial charge in [0.15, 0.2) is 0 Å². The minimum absolute atomic E-state index is 1.03. The standard InChI is InChI=1S/C66H40S2/c1-2-15-40(16-3-1)61-47-18-6-8-20-49(47)63(50-21-9-7-19-48(50)61)43-28-30-45-55-32-33-56-46-31-29-44(38-60(46)68-58-35-34-57(65(55)66(56)58)67-59(45)37-43)64-53-24-12-10-22-51(53)62(52-23-11-13-25-54(52)64)42-27-26-39-14-4-5-17-41(39)36-42/h1-10,12-22,24-38H,11,23H2. The number of rotatable bonds is 4. The second-order valence-corrected chi connectivity index (χ2v) is 20.7. The number of fused-ring (bicyclic) bond motifs is 9. The fraction of sp³-hybridized carbons (Fsp3) is 0.0303. The van der Waals surface area contributed by atoms with Gasteiger partial charge in [0.05, 0.1) is 0 Å². The van der Waals surface area contributed by atoms with Crippen molar-refractivity contribution in [2.24, 2.45) is 0 Å². The molecule has 0 N–H and O–H groups in total. The summed E-state index contributed by atoms with van der Waals surface area (Å²) in [7, 11) is 0. The van der Waals surface area contributed by atoms with Gasteiger partial charge in [-0.1, -0.05) is 212 Å². The Kier molecular flexibility index (Phi) is 8.46. The summed E-state index contributed by atoms with van der Waals surface area (Å²) in [6, 6.07) is 77.7. The molecule has 0 spiro atoms. The van der Waals surface area contributed by atoms with Crippen LogP contribution in [0.4, 0.5) is 0 Å². The van der Waals surface area contributed by atoms with Crippen LogP contribution in [0.5, 0.6) is 0 Å². The highest BCUT2D eigenvalue weighted by molar-refractivity contribution is 8.00. The zero-order chi connectivity index (χ0) is 44.5. The Morgan fingerprint density at radius 2 is 0.765 bits per heavy atom. The first-order valence-electron chi connectivity index (χ1n) is 23.7. The van der Waals surface area contributed by atoms with Crippen LogP contribution < -0.4 is 0 Å². The summed E-state index contributed by atoms with van der Waals surface area (Å²) in [4.78, 5) is 5.29. The summed E-state index contributed by atoms with van der Waals surface area (Å²) >= 11 is 3.86. The molecule has 0 saturated carbocycles. The van der Waals surface area contributed by atoms with E-state index >= 15 is 0 Å². The Morgan fingerprint density at radius 1 is 0.309 bits per heavy atom. The van der Waals surface area contributed by atoms with Crippen molar-refractivity contribution in [1.29, 1.82) is 0 Å². The Bertz CT molecular complexity index is 4140. The van der Waals surface area contributed by atoms with E-state index in [1.54, 1.807) is 0 Å². The van der Waals surface area contributed by atoms with Crippen LogP contribution >= 0.6 is 23.5 Å². The van der Waals surface area contributed by atoms with Crippen LogP contribution in [-0.2, 0) is 6.42 Å². The van der Waals surface area contributed by atoms with Crippen molar-refractivity contribution >= 4 is 83.5 Å². The molecular weight excluding hydrogens is 857 g/mol. The molecule has 0 fully saturated rings. The van der Waals surface area contributed by atoms with E-state index < -0.39 is 0 Å². The summed E-state index contributed by atoms with van der Waals surface area (Å²) in [5.74, 6) is 0. The molecule has 0 atom stereocenters. The summed E-state index contributed by atoms with van der Waals surface area (Å²) < 4.78 is 0. The molecular formula is C66H40S2. The quantitative estimate of drug-likeness (QED) is 0.161. The van der Waals surface area contributed by atoms with Gasteiger partial charge >= 0.3 is 0 Å². The van der Waals surface area contributed by atoms with Gasteiger partial charge in [-0.25, -0.2) is 0 Å². The number of benzene rings is 12. The van der Waals surface area contributed by atoms with Crippen LogP contribution in [-0.4, -0.2) is 0 Å².